The van der Waals surface area contributed by atoms with Crippen LogP contribution in [0.2, 0.25) is 18.1 Å². The van der Waals surface area contributed by atoms with E-state index >= 15 is 0 Å². The zero-order valence-corrected chi connectivity index (χ0v) is 17.9. The Bertz CT molecular complexity index is 364. The van der Waals surface area contributed by atoms with Crippen LogP contribution in [0, 0.1) is 5.92 Å². The van der Waals surface area contributed by atoms with Gasteiger partial charge in [0.05, 0.1) is 0 Å². The maximum Gasteiger partial charge on any atom is 0.192 e. The van der Waals surface area contributed by atoms with Crippen molar-refractivity contribution in [1.29, 1.82) is 0 Å². The van der Waals surface area contributed by atoms with Gasteiger partial charge in [-0.05, 0) is 49.9 Å². The predicted octanol–water partition coefficient (Wildman–Crippen LogP) is 7.06. The largest absolute Gasteiger partial charge is 0.416 e. The molecule has 0 heterocycles. The molecule has 1 nitrogen and oxygen atoms in total. The monoisotopic (exact) mass is 374 g/mol. The van der Waals surface area contributed by atoms with Crippen molar-refractivity contribution in [3.63, 3.8) is 0 Å². The molecule has 0 aliphatic rings. The minimum atomic E-state index is -1.63. The van der Waals surface area contributed by atoms with Crippen molar-refractivity contribution in [2.45, 2.75) is 78.9 Å². The third kappa shape index (κ3) is 8.99. The Morgan fingerprint density at radius 2 is 1.86 bits per heavy atom. The van der Waals surface area contributed by atoms with E-state index in [1.54, 1.807) is 0 Å². The summed E-state index contributed by atoms with van der Waals surface area (Å²) >= 11 is 3.67. The molecule has 0 radical (unpaired) electrons. The Morgan fingerprint density at radius 3 is 2.33 bits per heavy atom. The van der Waals surface area contributed by atoms with Gasteiger partial charge in [-0.3, -0.25) is 0 Å². The van der Waals surface area contributed by atoms with Gasteiger partial charge in [0.1, 0.15) is 0 Å². The second-order valence-electron chi connectivity index (χ2n) is 7.69. The number of rotatable bonds is 8. The minimum absolute atomic E-state index is 0.282. The molecule has 0 N–H and O–H groups in total. The Morgan fingerprint density at radius 1 is 1.29 bits per heavy atom. The molecule has 0 aromatic rings. The van der Waals surface area contributed by atoms with Crippen molar-refractivity contribution < 1.29 is 4.43 Å². The highest BCUT2D eigenvalue weighted by molar-refractivity contribution is 9.11. The molecule has 0 aliphatic carbocycles. The summed E-state index contributed by atoms with van der Waals surface area (Å²) in [7, 11) is -1.63. The van der Waals surface area contributed by atoms with Gasteiger partial charge in [-0.15, -0.1) is 0 Å². The van der Waals surface area contributed by atoms with E-state index in [2.05, 4.69) is 82.7 Å². The Kier molecular flexibility index (Phi) is 9.38. The van der Waals surface area contributed by atoms with Gasteiger partial charge >= 0.3 is 0 Å². The van der Waals surface area contributed by atoms with Crippen LogP contribution in [0.1, 0.15) is 60.8 Å². The molecule has 0 aromatic heterocycles. The van der Waals surface area contributed by atoms with Crippen LogP contribution in [0.4, 0.5) is 0 Å². The van der Waals surface area contributed by atoms with Crippen LogP contribution in [0.15, 0.2) is 22.2 Å². The van der Waals surface area contributed by atoms with Crippen molar-refractivity contribution in [3.05, 3.63) is 22.2 Å². The molecule has 0 unspecified atom stereocenters. The highest BCUT2D eigenvalue weighted by atomic mass is 79.9. The van der Waals surface area contributed by atoms with Crippen LogP contribution < -0.4 is 0 Å². The van der Waals surface area contributed by atoms with E-state index in [0.29, 0.717) is 5.92 Å². The number of unbranched alkanes of at least 4 members (excludes halogenated alkanes) is 1. The summed E-state index contributed by atoms with van der Waals surface area (Å²) < 4.78 is 7.46. The average Bonchev–Trinajstić information content (AvgIpc) is 2.32. The maximum absolute atomic E-state index is 6.28. The standard InChI is InChI=1S/C18H35BrOSi/c1-9-10-11-15(2)12-17(19)13-16(3)14-20-21(7,8)18(4,5)6/h12-13,16H,9-11,14H2,1-8H3/b15-12-,17-13-/t16-/m1/s1. The molecule has 0 bridgehead atoms. The molecule has 0 aromatic carbocycles. The third-order valence-electron chi connectivity index (χ3n) is 4.27. The minimum Gasteiger partial charge on any atom is -0.416 e. The van der Waals surface area contributed by atoms with Gasteiger partial charge in [0, 0.05) is 11.1 Å². The summed E-state index contributed by atoms with van der Waals surface area (Å²) in [6.07, 6.45) is 8.23. The molecule has 0 fully saturated rings. The van der Waals surface area contributed by atoms with Crippen molar-refractivity contribution in [1.82, 2.24) is 0 Å². The second-order valence-corrected chi connectivity index (χ2v) is 13.4. The van der Waals surface area contributed by atoms with Gasteiger partial charge in [0.2, 0.25) is 0 Å². The van der Waals surface area contributed by atoms with Gasteiger partial charge in [-0.1, -0.05) is 68.6 Å². The topological polar surface area (TPSA) is 9.23 Å². The van der Waals surface area contributed by atoms with E-state index in [9.17, 15) is 0 Å². The van der Waals surface area contributed by atoms with Crippen LogP contribution in [0.5, 0.6) is 0 Å². The molecule has 0 saturated heterocycles. The fourth-order valence-corrected chi connectivity index (χ4v) is 3.64. The molecule has 0 amide bonds. The van der Waals surface area contributed by atoms with Crippen LogP contribution >= 0.6 is 15.9 Å². The van der Waals surface area contributed by atoms with E-state index in [0.717, 1.165) is 6.61 Å². The lowest BCUT2D eigenvalue weighted by Gasteiger charge is -2.36. The normalized spacial score (nSPS) is 16.2. The van der Waals surface area contributed by atoms with Gasteiger partial charge in [-0.2, -0.15) is 0 Å². The molecule has 124 valence electrons. The van der Waals surface area contributed by atoms with E-state index in [4.69, 9.17) is 4.43 Å². The van der Waals surface area contributed by atoms with Gasteiger partial charge in [0.25, 0.3) is 0 Å². The van der Waals surface area contributed by atoms with E-state index in [-0.39, 0.29) is 5.04 Å². The molecule has 0 aliphatic heterocycles. The van der Waals surface area contributed by atoms with Crippen LogP contribution in [0.25, 0.3) is 0 Å². The second kappa shape index (κ2) is 9.31. The first kappa shape index (κ1) is 21.1. The van der Waals surface area contributed by atoms with E-state index < -0.39 is 8.32 Å². The van der Waals surface area contributed by atoms with Gasteiger partial charge in [-0.25, -0.2) is 0 Å². The SMILES string of the molecule is CCCC/C(C)=C\C(Br)=C\[C@@H](C)CO[Si](C)(C)C(C)(C)C. The highest BCUT2D eigenvalue weighted by Gasteiger charge is 2.37. The predicted molar refractivity (Wildman–Crippen MR) is 103 cm³/mol. The third-order valence-corrected chi connectivity index (χ3v) is 9.26. The molecule has 21 heavy (non-hydrogen) atoms. The van der Waals surface area contributed by atoms with Crippen LogP contribution in [0.3, 0.4) is 0 Å². The summed E-state index contributed by atoms with van der Waals surface area (Å²) in [5, 5.41) is 0.282. The zero-order valence-electron chi connectivity index (χ0n) is 15.3. The first-order valence-corrected chi connectivity index (χ1v) is 11.9. The zero-order chi connectivity index (χ0) is 16.7. The van der Waals surface area contributed by atoms with Crippen LogP contribution in [-0.4, -0.2) is 14.9 Å². The lowest BCUT2D eigenvalue weighted by atomic mass is 10.1. The molecule has 0 saturated carbocycles. The van der Waals surface area contributed by atoms with Gasteiger partial charge < -0.3 is 4.43 Å². The molecular formula is C18H35BrOSi. The first-order valence-electron chi connectivity index (χ1n) is 8.18. The number of hydrogen-bond donors (Lipinski definition) is 0. The molecule has 0 rings (SSSR count). The number of halogens is 1. The first-order chi connectivity index (χ1) is 9.49. The fourth-order valence-electron chi connectivity index (χ4n) is 1.69. The lowest BCUT2D eigenvalue weighted by Crippen LogP contribution is -2.41. The Balaban J connectivity index is 4.48. The Hall–Kier alpha value is 0.137. The van der Waals surface area contributed by atoms with Crippen molar-refractivity contribution >= 4 is 24.2 Å². The molecule has 1 atom stereocenters. The Labute approximate surface area is 142 Å². The van der Waals surface area contributed by atoms with E-state index in [1.165, 1.54) is 29.3 Å². The van der Waals surface area contributed by atoms with Crippen molar-refractivity contribution in [2.24, 2.45) is 5.92 Å². The summed E-state index contributed by atoms with van der Waals surface area (Å²) in [5.41, 5.74) is 1.44. The number of allylic oxidation sites excluding steroid dienone is 3. The molecular weight excluding hydrogens is 340 g/mol. The fraction of sp³-hybridized carbons (Fsp3) is 0.778. The van der Waals surface area contributed by atoms with Crippen molar-refractivity contribution in [3.8, 4) is 0 Å². The summed E-state index contributed by atoms with van der Waals surface area (Å²) in [6, 6.07) is 0. The summed E-state index contributed by atoms with van der Waals surface area (Å²) in [6.45, 7) is 19.0. The average molecular weight is 375 g/mol. The van der Waals surface area contributed by atoms with Crippen LogP contribution in [-0.2, 0) is 4.43 Å². The molecule has 3 heteroatoms. The quantitative estimate of drug-likeness (QED) is 0.326. The summed E-state index contributed by atoms with van der Waals surface area (Å²) in [5.74, 6) is 0.434. The smallest absolute Gasteiger partial charge is 0.192 e. The van der Waals surface area contributed by atoms with Crippen molar-refractivity contribution in [2.75, 3.05) is 6.61 Å². The lowest BCUT2D eigenvalue weighted by molar-refractivity contribution is 0.259. The molecule has 0 spiro atoms. The number of hydrogen-bond acceptors (Lipinski definition) is 1. The highest BCUT2D eigenvalue weighted by Crippen LogP contribution is 2.36. The van der Waals surface area contributed by atoms with Gasteiger partial charge in [0.15, 0.2) is 8.32 Å². The maximum atomic E-state index is 6.28. The summed E-state index contributed by atoms with van der Waals surface area (Å²) in [4.78, 5) is 0. The van der Waals surface area contributed by atoms with E-state index in [1.807, 2.05) is 0 Å².